The number of nitrogens with zero attached hydrogens (tertiary/aromatic N) is 1. The predicted octanol–water partition coefficient (Wildman–Crippen LogP) is 2.92. The van der Waals surface area contributed by atoms with Crippen molar-refractivity contribution < 1.29 is 8.42 Å². The van der Waals surface area contributed by atoms with Gasteiger partial charge >= 0.3 is 0 Å². The summed E-state index contributed by atoms with van der Waals surface area (Å²) in [5.41, 5.74) is 0. The SMILES string of the molecule is CCNc1ncccc1S(=O)(=O)NC(C)c1ccc(C)s1. The molecule has 0 fully saturated rings. The highest BCUT2D eigenvalue weighted by Crippen LogP contribution is 2.25. The zero-order chi connectivity index (χ0) is 15.5. The van der Waals surface area contributed by atoms with Crippen molar-refractivity contribution in [1.82, 2.24) is 9.71 Å². The van der Waals surface area contributed by atoms with Gasteiger partial charge in [-0.2, -0.15) is 0 Å². The van der Waals surface area contributed by atoms with Crippen LogP contribution < -0.4 is 10.0 Å². The summed E-state index contributed by atoms with van der Waals surface area (Å²) < 4.78 is 27.8. The number of anilines is 1. The Morgan fingerprint density at radius 2 is 2.10 bits per heavy atom. The van der Waals surface area contributed by atoms with Crippen molar-refractivity contribution in [3.63, 3.8) is 0 Å². The Bertz CT molecular complexity index is 711. The van der Waals surface area contributed by atoms with E-state index in [1.54, 1.807) is 29.7 Å². The second-order valence-electron chi connectivity index (χ2n) is 4.67. The first-order chi connectivity index (χ1) is 9.94. The maximum Gasteiger partial charge on any atom is 0.244 e. The topological polar surface area (TPSA) is 71.1 Å². The lowest BCUT2D eigenvalue weighted by Crippen LogP contribution is -2.27. The van der Waals surface area contributed by atoms with Gasteiger partial charge in [-0.25, -0.2) is 18.1 Å². The molecule has 0 amide bonds. The average molecular weight is 325 g/mol. The number of nitrogens with one attached hydrogen (secondary N) is 2. The number of aromatic nitrogens is 1. The van der Waals surface area contributed by atoms with Crippen LogP contribution >= 0.6 is 11.3 Å². The van der Waals surface area contributed by atoms with Gasteiger partial charge in [0, 0.05) is 22.5 Å². The molecule has 7 heteroatoms. The van der Waals surface area contributed by atoms with E-state index in [2.05, 4.69) is 15.0 Å². The monoisotopic (exact) mass is 325 g/mol. The van der Waals surface area contributed by atoms with Gasteiger partial charge in [-0.15, -0.1) is 11.3 Å². The Hall–Kier alpha value is -1.44. The van der Waals surface area contributed by atoms with Crippen molar-refractivity contribution in [2.45, 2.75) is 31.7 Å². The molecule has 1 unspecified atom stereocenters. The lowest BCUT2D eigenvalue weighted by molar-refractivity contribution is 0.568. The second-order valence-corrected chi connectivity index (χ2v) is 7.67. The highest BCUT2D eigenvalue weighted by molar-refractivity contribution is 7.89. The molecular formula is C14H19N3O2S2. The minimum atomic E-state index is -3.62. The zero-order valence-corrected chi connectivity index (χ0v) is 13.9. The van der Waals surface area contributed by atoms with E-state index in [9.17, 15) is 8.42 Å². The summed E-state index contributed by atoms with van der Waals surface area (Å²) in [6, 6.07) is 6.83. The van der Waals surface area contributed by atoms with Crippen LogP contribution in [-0.2, 0) is 10.0 Å². The maximum absolute atomic E-state index is 12.5. The molecular weight excluding hydrogens is 306 g/mol. The minimum Gasteiger partial charge on any atom is -0.369 e. The maximum atomic E-state index is 12.5. The minimum absolute atomic E-state index is 0.173. The molecule has 0 aliphatic rings. The number of sulfonamides is 1. The standard InChI is InChI=1S/C14H19N3O2S2/c1-4-15-14-13(6-5-9-16-14)21(18,19)17-11(3)12-8-7-10(2)20-12/h5-9,11,17H,4H2,1-3H3,(H,15,16). The van der Waals surface area contributed by atoms with E-state index >= 15 is 0 Å². The Balaban J connectivity index is 2.26. The highest BCUT2D eigenvalue weighted by Gasteiger charge is 2.22. The number of hydrogen-bond donors (Lipinski definition) is 2. The fourth-order valence-corrected chi connectivity index (χ4v) is 4.26. The molecule has 0 radical (unpaired) electrons. The normalized spacial score (nSPS) is 13.1. The van der Waals surface area contributed by atoms with Gasteiger partial charge in [0.2, 0.25) is 10.0 Å². The third-order valence-corrected chi connectivity index (χ3v) is 5.68. The first-order valence-corrected chi connectivity index (χ1v) is 9.01. The number of pyridine rings is 1. The summed E-state index contributed by atoms with van der Waals surface area (Å²) >= 11 is 1.59. The number of thiophene rings is 1. The van der Waals surface area contributed by atoms with Crippen molar-refractivity contribution in [2.24, 2.45) is 0 Å². The van der Waals surface area contributed by atoms with E-state index in [1.165, 1.54) is 0 Å². The van der Waals surface area contributed by atoms with Crippen LogP contribution in [0.5, 0.6) is 0 Å². The van der Waals surface area contributed by atoms with E-state index in [0.717, 1.165) is 9.75 Å². The fourth-order valence-electron chi connectivity index (χ4n) is 1.95. The quantitative estimate of drug-likeness (QED) is 0.856. The molecule has 0 aliphatic carbocycles. The van der Waals surface area contributed by atoms with Crippen LogP contribution in [-0.4, -0.2) is 19.9 Å². The molecule has 0 bridgehead atoms. The Morgan fingerprint density at radius 3 is 2.71 bits per heavy atom. The van der Waals surface area contributed by atoms with Crippen LogP contribution in [0.25, 0.3) is 0 Å². The summed E-state index contributed by atoms with van der Waals surface area (Å²) in [6.07, 6.45) is 1.57. The van der Waals surface area contributed by atoms with Gasteiger partial charge in [0.15, 0.2) is 0 Å². The fraction of sp³-hybridized carbons (Fsp3) is 0.357. The smallest absolute Gasteiger partial charge is 0.244 e. The number of aryl methyl sites for hydroxylation is 1. The number of rotatable bonds is 6. The van der Waals surface area contributed by atoms with Gasteiger partial charge < -0.3 is 5.32 Å². The third kappa shape index (κ3) is 3.81. The van der Waals surface area contributed by atoms with E-state index in [4.69, 9.17) is 0 Å². The van der Waals surface area contributed by atoms with Crippen LogP contribution in [0.2, 0.25) is 0 Å². The number of hydrogen-bond acceptors (Lipinski definition) is 5. The molecule has 0 aliphatic heterocycles. The van der Waals surface area contributed by atoms with Gasteiger partial charge in [0.25, 0.3) is 0 Å². The predicted molar refractivity (Wildman–Crippen MR) is 86.2 cm³/mol. The molecule has 1 atom stereocenters. The van der Waals surface area contributed by atoms with Crippen molar-refractivity contribution in [1.29, 1.82) is 0 Å². The summed E-state index contributed by atoms with van der Waals surface area (Å²) in [4.78, 5) is 6.41. The van der Waals surface area contributed by atoms with Crippen LogP contribution in [0.1, 0.15) is 29.6 Å². The van der Waals surface area contributed by atoms with Crippen molar-refractivity contribution in [3.8, 4) is 0 Å². The summed E-state index contributed by atoms with van der Waals surface area (Å²) in [7, 11) is -3.62. The Labute approximate surface area is 129 Å². The molecule has 0 spiro atoms. The molecule has 2 N–H and O–H groups in total. The molecule has 2 rings (SSSR count). The van der Waals surface area contributed by atoms with Crippen molar-refractivity contribution in [3.05, 3.63) is 40.2 Å². The zero-order valence-electron chi connectivity index (χ0n) is 12.3. The van der Waals surface area contributed by atoms with Crippen molar-refractivity contribution in [2.75, 3.05) is 11.9 Å². The summed E-state index contributed by atoms with van der Waals surface area (Å²) in [6.45, 7) is 6.35. The van der Waals surface area contributed by atoms with Gasteiger partial charge in [0.1, 0.15) is 10.7 Å². The Kier molecular flexibility index (Phi) is 4.97. The van der Waals surface area contributed by atoms with E-state index in [0.29, 0.717) is 12.4 Å². The van der Waals surface area contributed by atoms with E-state index < -0.39 is 10.0 Å². The van der Waals surface area contributed by atoms with Crippen LogP contribution in [0.3, 0.4) is 0 Å². The first-order valence-electron chi connectivity index (χ1n) is 6.71. The summed E-state index contributed by atoms with van der Waals surface area (Å²) in [5.74, 6) is 0.377. The molecule has 0 aromatic carbocycles. The first kappa shape index (κ1) is 15.9. The second kappa shape index (κ2) is 6.55. The molecule has 2 aromatic heterocycles. The average Bonchev–Trinajstić information content (AvgIpc) is 2.86. The Morgan fingerprint density at radius 1 is 1.33 bits per heavy atom. The van der Waals surface area contributed by atoms with Gasteiger partial charge in [-0.3, -0.25) is 0 Å². The van der Waals surface area contributed by atoms with E-state index in [-0.39, 0.29) is 10.9 Å². The molecule has 0 saturated carbocycles. The van der Waals surface area contributed by atoms with Crippen LogP contribution in [0.15, 0.2) is 35.4 Å². The van der Waals surface area contributed by atoms with E-state index in [1.807, 2.05) is 32.9 Å². The largest absolute Gasteiger partial charge is 0.369 e. The molecule has 5 nitrogen and oxygen atoms in total. The van der Waals surface area contributed by atoms with Gasteiger partial charge in [-0.05, 0) is 45.0 Å². The molecule has 2 heterocycles. The van der Waals surface area contributed by atoms with Gasteiger partial charge in [-0.1, -0.05) is 0 Å². The van der Waals surface area contributed by atoms with Crippen LogP contribution in [0.4, 0.5) is 5.82 Å². The summed E-state index contributed by atoms with van der Waals surface area (Å²) in [5, 5.41) is 2.97. The highest BCUT2D eigenvalue weighted by atomic mass is 32.2. The third-order valence-electron chi connectivity index (χ3n) is 2.92. The molecule has 2 aromatic rings. The van der Waals surface area contributed by atoms with Crippen molar-refractivity contribution >= 4 is 27.2 Å². The molecule has 0 saturated heterocycles. The molecule has 114 valence electrons. The molecule has 21 heavy (non-hydrogen) atoms. The lowest BCUT2D eigenvalue weighted by Gasteiger charge is -2.15. The van der Waals surface area contributed by atoms with Gasteiger partial charge in [0.05, 0.1) is 6.04 Å². The lowest BCUT2D eigenvalue weighted by atomic mass is 10.3. The van der Waals surface area contributed by atoms with Crippen LogP contribution in [0, 0.1) is 6.92 Å².